The van der Waals surface area contributed by atoms with Crippen LogP contribution in [0.3, 0.4) is 0 Å². The number of aryl methyl sites for hydroxylation is 2. The molecule has 1 amide bonds. The first kappa shape index (κ1) is 30.0. The molecule has 11 heteroatoms. The average Bonchev–Trinajstić information content (AvgIpc) is 3.36. The third-order valence-electron chi connectivity index (χ3n) is 6.35. The Kier molecular flexibility index (Phi) is 10.2. The lowest BCUT2D eigenvalue weighted by Crippen LogP contribution is -2.30. The lowest BCUT2D eigenvalue weighted by atomic mass is 10.1. The van der Waals surface area contributed by atoms with Crippen molar-refractivity contribution in [3.05, 3.63) is 88.4 Å². The molecule has 0 saturated heterocycles. The highest BCUT2D eigenvalue weighted by molar-refractivity contribution is 9.10. The SMILES string of the molecule is CCN(CC)S(=O)(=O)c1cccc(-c2nnc(SCC(=O)Nc3ccc(C)cc3Br)n2CCc2ccccc2)c1. The van der Waals surface area contributed by atoms with Gasteiger partial charge in [0.1, 0.15) is 0 Å². The van der Waals surface area contributed by atoms with Gasteiger partial charge in [-0.05, 0) is 64.7 Å². The highest BCUT2D eigenvalue weighted by Gasteiger charge is 2.23. The van der Waals surface area contributed by atoms with Crippen LogP contribution < -0.4 is 5.32 Å². The van der Waals surface area contributed by atoms with E-state index in [4.69, 9.17) is 0 Å². The fourth-order valence-corrected chi connectivity index (χ4v) is 7.10. The van der Waals surface area contributed by atoms with Gasteiger partial charge < -0.3 is 9.88 Å². The smallest absolute Gasteiger partial charge is 0.243 e. The molecule has 0 aliphatic heterocycles. The van der Waals surface area contributed by atoms with Gasteiger partial charge in [0.15, 0.2) is 11.0 Å². The Hall–Kier alpha value is -2.99. The van der Waals surface area contributed by atoms with E-state index in [-0.39, 0.29) is 16.6 Å². The number of thioether (sulfide) groups is 1. The van der Waals surface area contributed by atoms with Gasteiger partial charge >= 0.3 is 0 Å². The Morgan fingerprint density at radius 2 is 1.75 bits per heavy atom. The summed E-state index contributed by atoms with van der Waals surface area (Å²) in [4.78, 5) is 13.0. The minimum absolute atomic E-state index is 0.139. The van der Waals surface area contributed by atoms with Gasteiger partial charge in [-0.2, -0.15) is 4.31 Å². The van der Waals surface area contributed by atoms with Crippen LogP contribution in [0.4, 0.5) is 5.69 Å². The Morgan fingerprint density at radius 3 is 2.45 bits per heavy atom. The summed E-state index contributed by atoms with van der Waals surface area (Å²) >= 11 is 4.79. The number of halogens is 1. The molecule has 210 valence electrons. The topological polar surface area (TPSA) is 97.2 Å². The molecule has 0 aliphatic carbocycles. The van der Waals surface area contributed by atoms with E-state index < -0.39 is 10.0 Å². The summed E-state index contributed by atoms with van der Waals surface area (Å²) in [6, 6.07) is 22.6. The van der Waals surface area contributed by atoms with E-state index in [0.717, 1.165) is 22.0 Å². The maximum atomic E-state index is 13.2. The van der Waals surface area contributed by atoms with Gasteiger partial charge in [-0.3, -0.25) is 4.79 Å². The number of nitrogens with one attached hydrogen (secondary N) is 1. The summed E-state index contributed by atoms with van der Waals surface area (Å²) in [5, 5.41) is 12.4. The normalized spacial score (nSPS) is 11.6. The lowest BCUT2D eigenvalue weighted by Gasteiger charge is -2.19. The summed E-state index contributed by atoms with van der Waals surface area (Å²) in [5.41, 5.74) is 3.59. The van der Waals surface area contributed by atoms with Crippen LogP contribution in [0.2, 0.25) is 0 Å². The molecule has 0 bridgehead atoms. The molecule has 0 spiro atoms. The predicted octanol–water partition coefficient (Wildman–Crippen LogP) is 6.02. The van der Waals surface area contributed by atoms with Crippen molar-refractivity contribution in [2.75, 3.05) is 24.2 Å². The largest absolute Gasteiger partial charge is 0.324 e. The van der Waals surface area contributed by atoms with Gasteiger partial charge in [0.2, 0.25) is 15.9 Å². The summed E-state index contributed by atoms with van der Waals surface area (Å²) in [6.07, 6.45) is 0.722. The summed E-state index contributed by atoms with van der Waals surface area (Å²) in [7, 11) is -3.64. The molecule has 1 heterocycles. The molecule has 1 aromatic heterocycles. The zero-order valence-corrected chi connectivity index (χ0v) is 25.9. The number of rotatable bonds is 12. The van der Waals surface area contributed by atoms with Gasteiger partial charge in [0.25, 0.3) is 0 Å². The Labute approximate surface area is 248 Å². The van der Waals surface area contributed by atoms with Gasteiger partial charge in [0.05, 0.1) is 16.3 Å². The minimum atomic E-state index is -3.64. The highest BCUT2D eigenvalue weighted by Crippen LogP contribution is 2.28. The van der Waals surface area contributed by atoms with Crippen molar-refractivity contribution in [1.29, 1.82) is 0 Å². The van der Waals surface area contributed by atoms with Crippen molar-refractivity contribution in [3.8, 4) is 11.4 Å². The van der Waals surface area contributed by atoms with Crippen LogP contribution in [-0.2, 0) is 27.8 Å². The number of nitrogens with zero attached hydrogens (tertiary/aromatic N) is 4. The first-order valence-corrected chi connectivity index (χ1v) is 16.2. The summed E-state index contributed by atoms with van der Waals surface area (Å²) < 4.78 is 30.6. The van der Waals surface area contributed by atoms with Crippen LogP contribution in [0, 0.1) is 6.92 Å². The van der Waals surface area contributed by atoms with Crippen LogP contribution in [0.1, 0.15) is 25.0 Å². The number of hydrogen-bond acceptors (Lipinski definition) is 6. The van der Waals surface area contributed by atoms with Crippen LogP contribution in [0.5, 0.6) is 0 Å². The number of aromatic nitrogens is 3. The van der Waals surface area contributed by atoms with Crippen molar-refractivity contribution in [2.45, 2.75) is 43.8 Å². The zero-order valence-electron chi connectivity index (χ0n) is 22.7. The molecule has 8 nitrogen and oxygen atoms in total. The first-order chi connectivity index (χ1) is 19.2. The van der Waals surface area contributed by atoms with Crippen molar-refractivity contribution >= 4 is 49.3 Å². The van der Waals surface area contributed by atoms with Crippen LogP contribution >= 0.6 is 27.7 Å². The summed E-state index contributed by atoms with van der Waals surface area (Å²) in [5.74, 6) is 0.526. The Bertz CT molecular complexity index is 1570. The molecule has 0 unspecified atom stereocenters. The molecule has 40 heavy (non-hydrogen) atoms. The highest BCUT2D eigenvalue weighted by atomic mass is 79.9. The minimum Gasteiger partial charge on any atom is -0.324 e. The van der Waals surface area contributed by atoms with E-state index in [9.17, 15) is 13.2 Å². The number of benzene rings is 3. The van der Waals surface area contributed by atoms with Crippen molar-refractivity contribution in [1.82, 2.24) is 19.1 Å². The van der Waals surface area contributed by atoms with E-state index in [1.165, 1.54) is 16.1 Å². The van der Waals surface area contributed by atoms with Gasteiger partial charge in [-0.1, -0.05) is 74.1 Å². The molecule has 0 aliphatic rings. The maximum absolute atomic E-state index is 13.2. The monoisotopic (exact) mass is 641 g/mol. The molecule has 0 radical (unpaired) electrons. The number of amides is 1. The fraction of sp³-hybridized carbons (Fsp3) is 0.276. The average molecular weight is 643 g/mol. The standard InChI is InChI=1S/C29H32BrN5O3S2/c1-4-34(5-2)40(37,38)24-13-9-12-23(19-24)28-32-33-29(35(28)17-16-22-10-7-6-8-11-22)39-20-27(36)31-26-15-14-21(3)18-25(26)30/h6-15,18-19H,4-5,16-17,20H2,1-3H3,(H,31,36). The molecule has 3 aromatic carbocycles. The number of carbonyl (C=O) groups excluding carboxylic acids is 1. The quantitative estimate of drug-likeness (QED) is 0.190. The Morgan fingerprint density at radius 1 is 1.00 bits per heavy atom. The molecular weight excluding hydrogens is 610 g/mol. The van der Waals surface area contributed by atoms with Gasteiger partial charge in [-0.25, -0.2) is 8.42 Å². The van der Waals surface area contributed by atoms with Crippen molar-refractivity contribution in [3.63, 3.8) is 0 Å². The van der Waals surface area contributed by atoms with Crippen molar-refractivity contribution in [2.24, 2.45) is 0 Å². The molecule has 4 rings (SSSR count). The second kappa shape index (κ2) is 13.6. The van der Waals surface area contributed by atoms with Crippen LogP contribution in [0.25, 0.3) is 11.4 Å². The van der Waals surface area contributed by atoms with Gasteiger partial charge in [-0.15, -0.1) is 10.2 Å². The molecule has 0 atom stereocenters. The molecule has 0 saturated carbocycles. The Balaban J connectivity index is 1.61. The maximum Gasteiger partial charge on any atom is 0.243 e. The lowest BCUT2D eigenvalue weighted by molar-refractivity contribution is -0.113. The number of sulfonamides is 1. The molecule has 0 fully saturated rings. The molecule has 1 N–H and O–H groups in total. The third-order valence-corrected chi connectivity index (χ3v) is 10.0. The molecule has 4 aromatic rings. The number of hydrogen-bond donors (Lipinski definition) is 1. The summed E-state index contributed by atoms with van der Waals surface area (Å²) in [6.45, 7) is 6.97. The van der Waals surface area contributed by atoms with Crippen LogP contribution in [0.15, 0.2) is 87.3 Å². The third kappa shape index (κ3) is 7.20. The van der Waals surface area contributed by atoms with Gasteiger partial charge in [0, 0.05) is 29.7 Å². The fourth-order valence-electron chi connectivity index (χ4n) is 4.24. The second-order valence-corrected chi connectivity index (χ2v) is 12.9. The zero-order chi connectivity index (χ0) is 28.7. The first-order valence-electron chi connectivity index (χ1n) is 13.0. The number of anilines is 1. The van der Waals surface area contributed by atoms with E-state index in [2.05, 4.69) is 43.6 Å². The van der Waals surface area contributed by atoms with Crippen molar-refractivity contribution < 1.29 is 13.2 Å². The second-order valence-electron chi connectivity index (χ2n) is 9.13. The van der Waals surface area contributed by atoms with E-state index in [1.54, 1.807) is 18.2 Å². The number of carbonyl (C=O) groups is 1. The van der Waals surface area contributed by atoms with Crippen LogP contribution in [-0.4, -0.2) is 52.2 Å². The van der Waals surface area contributed by atoms with E-state index in [0.29, 0.717) is 41.9 Å². The van der Waals surface area contributed by atoms with E-state index in [1.807, 2.05) is 67.8 Å². The molecular formula is C29H32BrN5O3S2. The van der Waals surface area contributed by atoms with E-state index >= 15 is 0 Å². The predicted molar refractivity (Wildman–Crippen MR) is 164 cm³/mol.